The van der Waals surface area contributed by atoms with E-state index in [2.05, 4.69) is 14.7 Å². The average molecular weight is 316 g/mol. The van der Waals surface area contributed by atoms with E-state index in [1.165, 1.54) is 6.26 Å². The highest BCUT2D eigenvalue weighted by atomic mass is 32.2. The van der Waals surface area contributed by atoms with Crippen LogP contribution in [-0.2, 0) is 16.6 Å². The maximum atomic E-state index is 11.2. The molecule has 0 saturated carbocycles. The first-order chi connectivity index (χ1) is 9.94. The third-order valence-electron chi connectivity index (χ3n) is 3.73. The second-order valence-corrected chi connectivity index (χ2v) is 7.48. The van der Waals surface area contributed by atoms with Gasteiger partial charge in [0.1, 0.15) is 0 Å². The summed E-state index contributed by atoms with van der Waals surface area (Å²) in [5, 5.41) is 14.3. The molecule has 1 aromatic heterocycles. The molecule has 1 aliphatic rings. The fourth-order valence-electron chi connectivity index (χ4n) is 2.73. The third-order valence-corrected chi connectivity index (χ3v) is 4.42. The minimum atomic E-state index is -3.17. The Morgan fingerprint density at radius 3 is 2.90 bits per heavy atom. The van der Waals surface area contributed by atoms with Crippen molar-refractivity contribution < 1.29 is 13.5 Å². The first kappa shape index (κ1) is 16.4. The number of likely N-dealkylation sites (tertiary alicyclic amines) is 1. The lowest BCUT2D eigenvalue weighted by Crippen LogP contribution is -2.49. The number of rotatable bonds is 7. The second-order valence-electron chi connectivity index (χ2n) is 5.65. The fraction of sp³-hybridized carbons (Fsp3) is 0.769. The molecule has 2 rings (SSSR count). The molecule has 2 N–H and O–H groups in total. The molecule has 0 bridgehead atoms. The molecule has 0 spiro atoms. The quantitative estimate of drug-likeness (QED) is 0.718. The molecule has 8 heteroatoms. The largest absolute Gasteiger partial charge is 0.390 e. The van der Waals surface area contributed by atoms with Crippen molar-refractivity contribution in [3.8, 4) is 0 Å². The molecular weight excluding hydrogens is 292 g/mol. The predicted octanol–water partition coefficient (Wildman–Crippen LogP) is -0.352. The Morgan fingerprint density at radius 2 is 2.24 bits per heavy atom. The zero-order valence-electron chi connectivity index (χ0n) is 12.4. The SMILES string of the molecule is CS(=O)(=O)NC[C@H]1CCCCN1C[C@@H](O)Cn1cccn1. The van der Waals surface area contributed by atoms with Gasteiger partial charge in [-0.3, -0.25) is 9.58 Å². The number of sulfonamides is 1. The zero-order valence-corrected chi connectivity index (χ0v) is 13.2. The number of hydrogen-bond donors (Lipinski definition) is 2. The standard InChI is InChI=1S/C13H24N4O3S/c1-21(19,20)15-9-12-5-2-3-7-16(12)10-13(18)11-17-8-4-6-14-17/h4,6,8,12-13,15,18H,2-3,5,7,9-11H2,1H3/t12-,13-/m1/s1. The van der Waals surface area contributed by atoms with E-state index in [1.54, 1.807) is 10.9 Å². The van der Waals surface area contributed by atoms with Gasteiger partial charge in [0, 0.05) is 31.5 Å². The number of hydrogen-bond acceptors (Lipinski definition) is 5. The summed E-state index contributed by atoms with van der Waals surface area (Å²) in [7, 11) is -3.17. The number of nitrogens with one attached hydrogen (secondary N) is 1. The Bertz CT molecular complexity index is 518. The van der Waals surface area contributed by atoms with Crippen molar-refractivity contribution >= 4 is 10.0 Å². The van der Waals surface area contributed by atoms with Gasteiger partial charge in [-0.25, -0.2) is 13.1 Å². The summed E-state index contributed by atoms with van der Waals surface area (Å²) in [6, 6.07) is 1.98. The zero-order chi connectivity index (χ0) is 15.3. The number of piperidine rings is 1. The van der Waals surface area contributed by atoms with Gasteiger partial charge >= 0.3 is 0 Å². The predicted molar refractivity (Wildman–Crippen MR) is 80.3 cm³/mol. The summed E-state index contributed by atoms with van der Waals surface area (Å²) >= 11 is 0. The molecule has 7 nitrogen and oxygen atoms in total. The van der Waals surface area contributed by atoms with Crippen LogP contribution in [-0.4, -0.2) is 66.2 Å². The summed E-state index contributed by atoms with van der Waals surface area (Å²) < 4.78 is 26.7. The van der Waals surface area contributed by atoms with E-state index in [1.807, 2.05) is 12.3 Å². The Labute approximate surface area is 126 Å². The van der Waals surface area contributed by atoms with Gasteiger partial charge in [0.05, 0.1) is 18.9 Å². The molecule has 1 aliphatic heterocycles. The molecule has 1 fully saturated rings. The number of nitrogens with zero attached hydrogens (tertiary/aromatic N) is 3. The lowest BCUT2D eigenvalue weighted by molar-refractivity contribution is 0.0578. The number of β-amino-alcohol motifs (C(OH)–C–C–N with tert-alkyl or cyclic N) is 1. The van der Waals surface area contributed by atoms with Crippen LogP contribution in [0.5, 0.6) is 0 Å². The van der Waals surface area contributed by atoms with E-state index in [0.717, 1.165) is 25.8 Å². The third kappa shape index (κ3) is 5.74. The molecular formula is C13H24N4O3S. The minimum Gasteiger partial charge on any atom is -0.390 e. The van der Waals surface area contributed by atoms with Gasteiger partial charge in [-0.1, -0.05) is 6.42 Å². The highest BCUT2D eigenvalue weighted by Crippen LogP contribution is 2.17. The summed E-state index contributed by atoms with van der Waals surface area (Å²) in [4.78, 5) is 2.18. The van der Waals surface area contributed by atoms with Crippen molar-refractivity contribution in [1.29, 1.82) is 0 Å². The first-order valence-electron chi connectivity index (χ1n) is 7.28. The second kappa shape index (κ2) is 7.35. The number of aromatic nitrogens is 2. The molecule has 120 valence electrons. The summed E-state index contributed by atoms with van der Waals surface area (Å²) in [5.74, 6) is 0. The van der Waals surface area contributed by atoms with Crippen LogP contribution in [0.3, 0.4) is 0 Å². The van der Waals surface area contributed by atoms with Crippen LogP contribution in [0.4, 0.5) is 0 Å². The monoisotopic (exact) mass is 316 g/mol. The van der Waals surface area contributed by atoms with Crippen LogP contribution in [0.25, 0.3) is 0 Å². The van der Waals surface area contributed by atoms with Gasteiger partial charge in [0.25, 0.3) is 0 Å². The molecule has 0 amide bonds. The lowest BCUT2D eigenvalue weighted by Gasteiger charge is -2.36. The average Bonchev–Trinajstić information content (AvgIpc) is 2.89. The van der Waals surface area contributed by atoms with Crippen LogP contribution >= 0.6 is 0 Å². The van der Waals surface area contributed by atoms with Gasteiger partial charge in [0.15, 0.2) is 0 Å². The normalized spacial score (nSPS) is 22.3. The maximum Gasteiger partial charge on any atom is 0.208 e. The van der Waals surface area contributed by atoms with Gasteiger partial charge in [-0.05, 0) is 25.5 Å². The van der Waals surface area contributed by atoms with Crippen LogP contribution < -0.4 is 4.72 Å². The molecule has 1 aromatic rings. The van der Waals surface area contributed by atoms with Crippen molar-refractivity contribution in [2.45, 2.75) is 38.0 Å². The lowest BCUT2D eigenvalue weighted by atomic mass is 10.0. The molecule has 0 radical (unpaired) electrons. The topological polar surface area (TPSA) is 87.5 Å². The molecule has 0 aromatic carbocycles. The van der Waals surface area contributed by atoms with E-state index in [0.29, 0.717) is 19.6 Å². The first-order valence-corrected chi connectivity index (χ1v) is 9.17. The number of aliphatic hydroxyl groups is 1. The van der Waals surface area contributed by atoms with Crippen molar-refractivity contribution in [3.05, 3.63) is 18.5 Å². The van der Waals surface area contributed by atoms with E-state index in [9.17, 15) is 13.5 Å². The molecule has 2 atom stereocenters. The Morgan fingerprint density at radius 1 is 1.43 bits per heavy atom. The van der Waals surface area contributed by atoms with Crippen LogP contribution in [0.1, 0.15) is 19.3 Å². The minimum absolute atomic E-state index is 0.153. The number of aliphatic hydroxyl groups excluding tert-OH is 1. The fourth-order valence-corrected chi connectivity index (χ4v) is 3.23. The molecule has 21 heavy (non-hydrogen) atoms. The highest BCUT2D eigenvalue weighted by molar-refractivity contribution is 7.88. The molecule has 2 heterocycles. The maximum absolute atomic E-state index is 11.2. The summed E-state index contributed by atoms with van der Waals surface area (Å²) in [6.45, 7) is 2.30. The highest BCUT2D eigenvalue weighted by Gasteiger charge is 2.25. The van der Waals surface area contributed by atoms with E-state index < -0.39 is 16.1 Å². The summed E-state index contributed by atoms with van der Waals surface area (Å²) in [6.07, 6.45) is 7.31. The van der Waals surface area contributed by atoms with Crippen LogP contribution in [0.2, 0.25) is 0 Å². The van der Waals surface area contributed by atoms with E-state index in [4.69, 9.17) is 0 Å². The summed E-state index contributed by atoms with van der Waals surface area (Å²) in [5.41, 5.74) is 0. The van der Waals surface area contributed by atoms with Crippen molar-refractivity contribution in [1.82, 2.24) is 19.4 Å². The van der Waals surface area contributed by atoms with Crippen molar-refractivity contribution in [3.63, 3.8) is 0 Å². The van der Waals surface area contributed by atoms with Crippen LogP contribution in [0, 0.1) is 0 Å². The van der Waals surface area contributed by atoms with Crippen LogP contribution in [0.15, 0.2) is 18.5 Å². The van der Waals surface area contributed by atoms with E-state index >= 15 is 0 Å². The molecule has 1 saturated heterocycles. The van der Waals surface area contributed by atoms with Crippen molar-refractivity contribution in [2.75, 3.05) is 25.9 Å². The van der Waals surface area contributed by atoms with E-state index in [-0.39, 0.29) is 6.04 Å². The van der Waals surface area contributed by atoms with Gasteiger partial charge in [0.2, 0.25) is 10.0 Å². The molecule has 0 aliphatic carbocycles. The molecule has 0 unspecified atom stereocenters. The van der Waals surface area contributed by atoms with Gasteiger partial charge in [-0.15, -0.1) is 0 Å². The van der Waals surface area contributed by atoms with Crippen molar-refractivity contribution in [2.24, 2.45) is 0 Å². The van der Waals surface area contributed by atoms with Gasteiger partial charge < -0.3 is 5.11 Å². The van der Waals surface area contributed by atoms with Gasteiger partial charge in [-0.2, -0.15) is 5.10 Å². The smallest absolute Gasteiger partial charge is 0.208 e. The Kier molecular flexibility index (Phi) is 5.74. The Hall–Kier alpha value is -0.960. The Balaban J connectivity index is 1.86.